The summed E-state index contributed by atoms with van der Waals surface area (Å²) in [7, 11) is 0. The van der Waals surface area contributed by atoms with Crippen LogP contribution in [0, 0.1) is 0 Å². The predicted molar refractivity (Wildman–Crippen MR) is 137 cm³/mol. The first-order valence-electron chi connectivity index (χ1n) is 12.1. The van der Waals surface area contributed by atoms with Crippen LogP contribution in [-0.2, 0) is 22.7 Å². The largest absolute Gasteiger partial charge is 0.324 e. The SMILES string of the molecule is C[C@@H]1CC(=O)Nc2ccccc2N1C(=O)CSc1nnc(CN2CCCC2)n1Cc1ccccc1. The van der Waals surface area contributed by atoms with E-state index in [1.165, 1.54) is 30.2 Å². The minimum Gasteiger partial charge on any atom is -0.324 e. The molecule has 2 aromatic carbocycles. The number of nitrogens with one attached hydrogen (secondary N) is 1. The van der Waals surface area contributed by atoms with Crippen molar-refractivity contribution in [3.05, 3.63) is 66.0 Å². The van der Waals surface area contributed by atoms with Gasteiger partial charge in [-0.2, -0.15) is 0 Å². The molecule has 1 saturated heterocycles. The Morgan fingerprint density at radius 1 is 1.03 bits per heavy atom. The molecule has 1 atom stereocenters. The Balaban J connectivity index is 1.36. The number of rotatable bonds is 7. The molecule has 1 aromatic heterocycles. The van der Waals surface area contributed by atoms with Gasteiger partial charge in [0, 0.05) is 12.5 Å². The fourth-order valence-corrected chi connectivity index (χ4v) is 5.59. The maximum Gasteiger partial charge on any atom is 0.237 e. The molecule has 3 heterocycles. The highest BCUT2D eigenvalue weighted by Gasteiger charge is 2.30. The van der Waals surface area contributed by atoms with Gasteiger partial charge in [0.2, 0.25) is 11.8 Å². The summed E-state index contributed by atoms with van der Waals surface area (Å²) in [5.74, 6) is 1.00. The third-order valence-electron chi connectivity index (χ3n) is 6.49. The number of thioether (sulfide) groups is 1. The lowest BCUT2D eigenvalue weighted by molar-refractivity contribution is -0.117. The molecular weight excluding hydrogens is 460 g/mol. The van der Waals surface area contributed by atoms with E-state index in [4.69, 9.17) is 0 Å². The summed E-state index contributed by atoms with van der Waals surface area (Å²) in [6, 6.07) is 17.5. The van der Waals surface area contributed by atoms with Gasteiger partial charge in [-0.1, -0.05) is 54.2 Å². The maximum absolute atomic E-state index is 13.5. The fourth-order valence-electron chi connectivity index (χ4n) is 4.77. The summed E-state index contributed by atoms with van der Waals surface area (Å²) in [5, 5.41) is 12.6. The molecule has 3 aromatic rings. The number of anilines is 2. The monoisotopic (exact) mass is 490 g/mol. The molecule has 5 rings (SSSR count). The van der Waals surface area contributed by atoms with Gasteiger partial charge in [-0.15, -0.1) is 10.2 Å². The Labute approximate surface area is 209 Å². The molecule has 182 valence electrons. The van der Waals surface area contributed by atoms with Crippen molar-refractivity contribution in [2.24, 2.45) is 0 Å². The van der Waals surface area contributed by atoms with E-state index in [-0.39, 0.29) is 30.0 Å². The first-order chi connectivity index (χ1) is 17.1. The molecule has 35 heavy (non-hydrogen) atoms. The van der Waals surface area contributed by atoms with Crippen LogP contribution in [0.3, 0.4) is 0 Å². The zero-order chi connectivity index (χ0) is 24.2. The van der Waals surface area contributed by atoms with Crippen molar-refractivity contribution in [3.8, 4) is 0 Å². The third-order valence-corrected chi connectivity index (χ3v) is 7.44. The van der Waals surface area contributed by atoms with Crippen molar-refractivity contribution in [1.29, 1.82) is 0 Å². The molecule has 1 fully saturated rings. The number of hydrogen-bond acceptors (Lipinski definition) is 6. The van der Waals surface area contributed by atoms with Gasteiger partial charge in [0.15, 0.2) is 5.16 Å². The highest BCUT2D eigenvalue weighted by Crippen LogP contribution is 2.32. The zero-order valence-corrected chi connectivity index (χ0v) is 20.7. The summed E-state index contributed by atoms with van der Waals surface area (Å²) < 4.78 is 2.14. The van der Waals surface area contributed by atoms with E-state index in [1.807, 2.05) is 49.4 Å². The van der Waals surface area contributed by atoms with Crippen LogP contribution < -0.4 is 10.2 Å². The van der Waals surface area contributed by atoms with Crippen molar-refractivity contribution in [1.82, 2.24) is 19.7 Å². The summed E-state index contributed by atoms with van der Waals surface area (Å²) in [5.41, 5.74) is 2.57. The molecule has 9 heteroatoms. The first-order valence-corrected chi connectivity index (χ1v) is 13.1. The second-order valence-corrected chi connectivity index (χ2v) is 10.1. The van der Waals surface area contributed by atoms with Crippen molar-refractivity contribution in [3.63, 3.8) is 0 Å². The van der Waals surface area contributed by atoms with Crippen LogP contribution in [0.25, 0.3) is 0 Å². The average Bonchev–Trinajstić information content (AvgIpc) is 3.47. The van der Waals surface area contributed by atoms with E-state index < -0.39 is 0 Å². The quantitative estimate of drug-likeness (QED) is 0.508. The Kier molecular flexibility index (Phi) is 7.15. The molecular formula is C26H30N6O2S. The Morgan fingerprint density at radius 3 is 2.57 bits per heavy atom. The highest BCUT2D eigenvalue weighted by atomic mass is 32.2. The normalized spacial score (nSPS) is 18.3. The molecule has 0 aliphatic carbocycles. The minimum atomic E-state index is -0.236. The molecule has 0 radical (unpaired) electrons. The van der Waals surface area contributed by atoms with E-state index in [0.717, 1.165) is 36.3 Å². The number of hydrogen-bond donors (Lipinski definition) is 1. The molecule has 0 bridgehead atoms. The number of aromatic nitrogens is 3. The van der Waals surface area contributed by atoms with Crippen molar-refractivity contribution >= 4 is 35.0 Å². The lowest BCUT2D eigenvalue weighted by Crippen LogP contribution is -2.40. The van der Waals surface area contributed by atoms with Gasteiger partial charge in [-0.25, -0.2) is 0 Å². The highest BCUT2D eigenvalue weighted by molar-refractivity contribution is 7.99. The number of likely N-dealkylation sites (tertiary alicyclic amines) is 1. The molecule has 0 unspecified atom stereocenters. The summed E-state index contributed by atoms with van der Waals surface area (Å²) in [6.45, 7) is 5.50. The Hall–Kier alpha value is -3.17. The van der Waals surface area contributed by atoms with Gasteiger partial charge in [0.05, 0.1) is 30.2 Å². The smallest absolute Gasteiger partial charge is 0.237 e. The van der Waals surface area contributed by atoms with Crippen LogP contribution in [0.15, 0.2) is 59.8 Å². The van der Waals surface area contributed by atoms with Crippen molar-refractivity contribution in [2.45, 2.75) is 50.5 Å². The van der Waals surface area contributed by atoms with Crippen LogP contribution in [0.5, 0.6) is 0 Å². The molecule has 0 spiro atoms. The lowest BCUT2D eigenvalue weighted by atomic mass is 10.2. The van der Waals surface area contributed by atoms with E-state index >= 15 is 0 Å². The molecule has 2 aliphatic heterocycles. The van der Waals surface area contributed by atoms with Gasteiger partial charge in [0.1, 0.15) is 5.82 Å². The Morgan fingerprint density at radius 2 is 1.77 bits per heavy atom. The topological polar surface area (TPSA) is 83.4 Å². The summed E-state index contributed by atoms with van der Waals surface area (Å²) >= 11 is 1.41. The van der Waals surface area contributed by atoms with Crippen molar-refractivity contribution < 1.29 is 9.59 Å². The van der Waals surface area contributed by atoms with Gasteiger partial charge in [0.25, 0.3) is 0 Å². The molecule has 0 saturated carbocycles. The van der Waals surface area contributed by atoms with E-state index in [9.17, 15) is 9.59 Å². The number of para-hydroxylation sites is 2. The van der Waals surface area contributed by atoms with Crippen LogP contribution in [-0.4, -0.2) is 56.4 Å². The van der Waals surface area contributed by atoms with E-state index in [1.54, 1.807) is 4.90 Å². The predicted octanol–water partition coefficient (Wildman–Crippen LogP) is 3.78. The van der Waals surface area contributed by atoms with Crippen LogP contribution in [0.4, 0.5) is 11.4 Å². The van der Waals surface area contributed by atoms with Gasteiger partial charge >= 0.3 is 0 Å². The maximum atomic E-state index is 13.5. The van der Waals surface area contributed by atoms with Crippen molar-refractivity contribution in [2.75, 3.05) is 29.1 Å². The number of amides is 2. The van der Waals surface area contributed by atoms with Crippen LogP contribution in [0.2, 0.25) is 0 Å². The third kappa shape index (κ3) is 5.41. The molecule has 2 amide bonds. The lowest BCUT2D eigenvalue weighted by Gasteiger charge is -2.27. The number of benzene rings is 2. The second kappa shape index (κ2) is 10.6. The molecule has 8 nitrogen and oxygen atoms in total. The molecule has 1 N–H and O–H groups in total. The minimum absolute atomic E-state index is 0.0539. The number of carbonyl (C=O) groups is 2. The Bertz CT molecular complexity index is 1190. The second-order valence-electron chi connectivity index (χ2n) is 9.12. The van der Waals surface area contributed by atoms with Crippen LogP contribution >= 0.6 is 11.8 Å². The van der Waals surface area contributed by atoms with E-state index in [2.05, 4.69) is 37.1 Å². The zero-order valence-electron chi connectivity index (χ0n) is 19.9. The number of carbonyl (C=O) groups excluding carboxylic acids is 2. The first kappa shape index (κ1) is 23.6. The van der Waals surface area contributed by atoms with Gasteiger partial charge in [-0.3, -0.25) is 14.5 Å². The standard InChI is InChI=1S/C26H30N6O2S/c1-19-15-24(33)27-21-11-5-6-12-22(21)32(19)25(34)18-35-26-29-28-23(17-30-13-7-8-14-30)31(26)16-20-9-3-2-4-10-20/h2-6,9-12,19H,7-8,13-18H2,1H3,(H,27,33)/t19-/m1/s1. The summed E-state index contributed by atoms with van der Waals surface area (Å²) in [6.07, 6.45) is 2.70. The number of fused-ring (bicyclic) bond motifs is 1. The van der Waals surface area contributed by atoms with Gasteiger partial charge < -0.3 is 14.8 Å². The fraction of sp³-hybridized carbons (Fsp3) is 0.385. The average molecular weight is 491 g/mol. The molecule has 2 aliphatic rings. The van der Waals surface area contributed by atoms with Crippen LogP contribution in [0.1, 0.15) is 37.6 Å². The van der Waals surface area contributed by atoms with E-state index in [0.29, 0.717) is 12.2 Å². The van der Waals surface area contributed by atoms with Gasteiger partial charge in [-0.05, 0) is 50.6 Å². The summed E-state index contributed by atoms with van der Waals surface area (Å²) in [4.78, 5) is 29.9. The number of nitrogens with zero attached hydrogens (tertiary/aromatic N) is 5.